The third kappa shape index (κ3) is 1.98. The molecule has 1 saturated carbocycles. The first-order valence-electron chi connectivity index (χ1n) is 6.42. The van der Waals surface area contributed by atoms with Crippen LogP contribution in [-0.2, 0) is 6.54 Å². The number of nitrogens with zero attached hydrogens (tertiary/aromatic N) is 2. The van der Waals surface area contributed by atoms with E-state index in [0.717, 1.165) is 23.5 Å². The zero-order chi connectivity index (χ0) is 12.5. The van der Waals surface area contributed by atoms with E-state index in [1.807, 2.05) is 6.33 Å². The van der Waals surface area contributed by atoms with Crippen molar-refractivity contribution in [3.8, 4) is 0 Å². The standard InChI is InChI=1S/C14H16N2O2/c17-14(18)11-5-6-12-13(7-11)16(9-15-12)8-10-3-1-2-4-10/h5-7,9-10H,1-4,8H2,(H,17,18). The first-order chi connectivity index (χ1) is 8.74. The molecule has 4 nitrogen and oxygen atoms in total. The molecule has 1 heterocycles. The molecule has 1 aliphatic carbocycles. The maximum Gasteiger partial charge on any atom is 0.335 e. The lowest BCUT2D eigenvalue weighted by Gasteiger charge is -2.10. The Balaban J connectivity index is 1.95. The summed E-state index contributed by atoms with van der Waals surface area (Å²) in [7, 11) is 0. The van der Waals surface area contributed by atoms with Crippen LogP contribution in [0.25, 0.3) is 11.0 Å². The Labute approximate surface area is 105 Å². The van der Waals surface area contributed by atoms with Crippen LogP contribution in [0.15, 0.2) is 24.5 Å². The monoisotopic (exact) mass is 244 g/mol. The van der Waals surface area contributed by atoms with E-state index >= 15 is 0 Å². The van der Waals surface area contributed by atoms with E-state index in [4.69, 9.17) is 5.11 Å². The van der Waals surface area contributed by atoms with Crippen LogP contribution in [0.1, 0.15) is 36.0 Å². The summed E-state index contributed by atoms with van der Waals surface area (Å²) in [6.45, 7) is 0.958. The summed E-state index contributed by atoms with van der Waals surface area (Å²) >= 11 is 0. The number of hydrogen-bond donors (Lipinski definition) is 1. The van der Waals surface area contributed by atoms with Crippen molar-refractivity contribution in [3.05, 3.63) is 30.1 Å². The molecule has 0 saturated heterocycles. The number of rotatable bonds is 3. The molecule has 1 aromatic carbocycles. The first-order valence-corrected chi connectivity index (χ1v) is 6.42. The average Bonchev–Trinajstić information content (AvgIpc) is 2.99. The largest absolute Gasteiger partial charge is 0.478 e. The van der Waals surface area contributed by atoms with Gasteiger partial charge in [-0.25, -0.2) is 9.78 Å². The van der Waals surface area contributed by atoms with Crippen molar-refractivity contribution in [1.29, 1.82) is 0 Å². The van der Waals surface area contributed by atoms with Gasteiger partial charge in [0.25, 0.3) is 0 Å². The molecule has 4 heteroatoms. The maximum absolute atomic E-state index is 11.0. The van der Waals surface area contributed by atoms with Gasteiger partial charge in [0, 0.05) is 6.54 Å². The van der Waals surface area contributed by atoms with E-state index in [2.05, 4.69) is 9.55 Å². The molecule has 2 aromatic rings. The van der Waals surface area contributed by atoms with Gasteiger partial charge in [-0.1, -0.05) is 12.8 Å². The van der Waals surface area contributed by atoms with Crippen LogP contribution in [0, 0.1) is 5.92 Å². The van der Waals surface area contributed by atoms with Crippen molar-refractivity contribution in [1.82, 2.24) is 9.55 Å². The summed E-state index contributed by atoms with van der Waals surface area (Å²) in [6.07, 6.45) is 7.01. The number of benzene rings is 1. The lowest BCUT2D eigenvalue weighted by molar-refractivity contribution is 0.0697. The number of hydrogen-bond acceptors (Lipinski definition) is 2. The predicted octanol–water partition coefficient (Wildman–Crippen LogP) is 2.92. The number of carboxylic acids is 1. The molecule has 1 fully saturated rings. The van der Waals surface area contributed by atoms with Crippen LogP contribution >= 0.6 is 0 Å². The minimum atomic E-state index is -0.884. The van der Waals surface area contributed by atoms with Gasteiger partial charge in [0.05, 0.1) is 22.9 Å². The van der Waals surface area contributed by atoms with E-state index in [0.29, 0.717) is 5.56 Å². The summed E-state index contributed by atoms with van der Waals surface area (Å²) in [6, 6.07) is 5.11. The molecule has 0 unspecified atom stereocenters. The quantitative estimate of drug-likeness (QED) is 0.903. The summed E-state index contributed by atoms with van der Waals surface area (Å²) in [4.78, 5) is 15.3. The Morgan fingerprint density at radius 3 is 2.89 bits per heavy atom. The molecule has 3 rings (SSSR count). The van der Waals surface area contributed by atoms with Crippen LogP contribution in [0.3, 0.4) is 0 Å². The van der Waals surface area contributed by atoms with Gasteiger partial charge in [0.15, 0.2) is 0 Å². The second-order valence-electron chi connectivity index (χ2n) is 5.06. The van der Waals surface area contributed by atoms with Gasteiger partial charge in [0.1, 0.15) is 0 Å². The molecule has 94 valence electrons. The average molecular weight is 244 g/mol. The van der Waals surface area contributed by atoms with Gasteiger partial charge in [-0.2, -0.15) is 0 Å². The molecule has 0 atom stereocenters. The second kappa shape index (κ2) is 4.44. The Kier molecular flexibility index (Phi) is 2.78. The molecule has 18 heavy (non-hydrogen) atoms. The summed E-state index contributed by atoms with van der Waals surface area (Å²) in [5, 5.41) is 9.03. The third-order valence-electron chi connectivity index (χ3n) is 3.80. The van der Waals surface area contributed by atoms with E-state index in [1.54, 1.807) is 18.2 Å². The van der Waals surface area contributed by atoms with E-state index in [1.165, 1.54) is 25.7 Å². The van der Waals surface area contributed by atoms with Crippen LogP contribution in [-0.4, -0.2) is 20.6 Å². The van der Waals surface area contributed by atoms with Crippen molar-refractivity contribution >= 4 is 17.0 Å². The van der Waals surface area contributed by atoms with Crippen LogP contribution in [0.2, 0.25) is 0 Å². The van der Waals surface area contributed by atoms with Crippen molar-refractivity contribution in [2.75, 3.05) is 0 Å². The minimum absolute atomic E-state index is 0.329. The Morgan fingerprint density at radius 1 is 1.39 bits per heavy atom. The molecule has 1 aromatic heterocycles. The van der Waals surface area contributed by atoms with Crippen LogP contribution in [0.5, 0.6) is 0 Å². The lowest BCUT2D eigenvalue weighted by atomic mass is 10.1. The number of imidazole rings is 1. The van der Waals surface area contributed by atoms with Gasteiger partial charge >= 0.3 is 5.97 Å². The van der Waals surface area contributed by atoms with Crippen molar-refractivity contribution in [3.63, 3.8) is 0 Å². The molecule has 0 radical (unpaired) electrons. The maximum atomic E-state index is 11.0. The number of fused-ring (bicyclic) bond motifs is 1. The Bertz CT molecular complexity index is 582. The molecule has 0 aliphatic heterocycles. The van der Waals surface area contributed by atoms with E-state index in [9.17, 15) is 4.79 Å². The molecular formula is C14H16N2O2. The number of carboxylic acid groups (broad SMARTS) is 1. The number of aromatic nitrogens is 2. The highest BCUT2D eigenvalue weighted by molar-refractivity contribution is 5.92. The summed E-state index contributed by atoms with van der Waals surface area (Å²) in [5.41, 5.74) is 2.13. The minimum Gasteiger partial charge on any atom is -0.478 e. The molecule has 1 N–H and O–H groups in total. The topological polar surface area (TPSA) is 55.1 Å². The second-order valence-corrected chi connectivity index (χ2v) is 5.06. The molecule has 0 amide bonds. The van der Waals surface area contributed by atoms with Crippen molar-refractivity contribution in [2.45, 2.75) is 32.2 Å². The summed E-state index contributed by atoms with van der Waals surface area (Å²) in [5.74, 6) is -0.165. The fourth-order valence-corrected chi connectivity index (χ4v) is 2.81. The van der Waals surface area contributed by atoms with Crippen LogP contribution in [0.4, 0.5) is 0 Å². The van der Waals surface area contributed by atoms with Crippen molar-refractivity contribution in [2.24, 2.45) is 5.92 Å². The predicted molar refractivity (Wildman–Crippen MR) is 68.7 cm³/mol. The van der Waals surface area contributed by atoms with Crippen molar-refractivity contribution < 1.29 is 9.90 Å². The first kappa shape index (κ1) is 11.3. The van der Waals surface area contributed by atoms with Crippen LogP contribution < -0.4 is 0 Å². The smallest absolute Gasteiger partial charge is 0.335 e. The molecular weight excluding hydrogens is 228 g/mol. The molecule has 0 bridgehead atoms. The van der Waals surface area contributed by atoms with Gasteiger partial charge < -0.3 is 9.67 Å². The third-order valence-corrected chi connectivity index (χ3v) is 3.80. The van der Waals surface area contributed by atoms with E-state index in [-0.39, 0.29) is 0 Å². The normalized spacial score (nSPS) is 16.4. The highest BCUT2D eigenvalue weighted by atomic mass is 16.4. The van der Waals surface area contributed by atoms with Gasteiger partial charge in [0.2, 0.25) is 0 Å². The number of carbonyl (C=O) groups is 1. The van der Waals surface area contributed by atoms with Gasteiger partial charge in [-0.05, 0) is 37.0 Å². The fraction of sp³-hybridized carbons (Fsp3) is 0.429. The highest BCUT2D eigenvalue weighted by Gasteiger charge is 2.17. The van der Waals surface area contributed by atoms with E-state index < -0.39 is 5.97 Å². The molecule has 0 spiro atoms. The highest BCUT2D eigenvalue weighted by Crippen LogP contribution is 2.27. The Morgan fingerprint density at radius 2 is 2.17 bits per heavy atom. The number of aromatic carboxylic acids is 1. The zero-order valence-corrected chi connectivity index (χ0v) is 10.2. The summed E-state index contributed by atoms with van der Waals surface area (Å²) < 4.78 is 2.10. The van der Waals surface area contributed by atoms with Gasteiger partial charge in [-0.15, -0.1) is 0 Å². The fourth-order valence-electron chi connectivity index (χ4n) is 2.81. The Hall–Kier alpha value is -1.84. The lowest BCUT2D eigenvalue weighted by Crippen LogP contribution is -2.06. The SMILES string of the molecule is O=C(O)c1ccc2ncn(CC3CCCC3)c2c1. The molecule has 1 aliphatic rings. The van der Waals surface area contributed by atoms with Gasteiger partial charge in [-0.3, -0.25) is 0 Å². The zero-order valence-electron chi connectivity index (χ0n) is 10.2.